The molecule has 0 fully saturated rings. The third-order valence-corrected chi connectivity index (χ3v) is 3.28. The molecular weight excluding hydrogens is 188 g/mol. The molecule has 0 saturated carbocycles. The minimum absolute atomic E-state index is 0.274. The van der Waals surface area contributed by atoms with E-state index in [0.717, 1.165) is 10.6 Å². The lowest BCUT2D eigenvalue weighted by Gasteiger charge is -2.08. The van der Waals surface area contributed by atoms with Crippen molar-refractivity contribution in [2.75, 3.05) is 0 Å². The van der Waals surface area contributed by atoms with Gasteiger partial charge in [-0.1, -0.05) is 12.1 Å². The monoisotopic (exact) mass is 196 g/mol. The molecule has 1 heterocycles. The van der Waals surface area contributed by atoms with Gasteiger partial charge in [-0.3, -0.25) is 10.2 Å². The summed E-state index contributed by atoms with van der Waals surface area (Å²) in [5.74, 6) is 5.02. The summed E-state index contributed by atoms with van der Waals surface area (Å²) in [4.78, 5) is 12.1. The van der Waals surface area contributed by atoms with Crippen molar-refractivity contribution >= 4 is 22.0 Å². The molecule has 1 atom stereocenters. The van der Waals surface area contributed by atoms with Crippen LogP contribution in [0.1, 0.15) is 0 Å². The van der Waals surface area contributed by atoms with Crippen LogP contribution in [0.3, 0.4) is 0 Å². The standard InChI is InChI=1S/C7H8N4OS/c8-9-7(12)13-6-4-2-1-3-5(6)10-11-13/h1-4,13H,8H2,(H,9,12). The van der Waals surface area contributed by atoms with Crippen molar-refractivity contribution in [3.05, 3.63) is 24.3 Å². The Morgan fingerprint density at radius 3 is 3.00 bits per heavy atom. The molecule has 2 rings (SSSR count). The average molecular weight is 196 g/mol. The molecule has 0 aromatic heterocycles. The number of carbonyl (C=O) groups is 1. The van der Waals surface area contributed by atoms with Gasteiger partial charge in [0, 0.05) is 4.90 Å². The average Bonchev–Trinajstić information content (AvgIpc) is 2.60. The van der Waals surface area contributed by atoms with Crippen LogP contribution in [-0.4, -0.2) is 5.24 Å². The van der Waals surface area contributed by atoms with Crippen LogP contribution in [0.5, 0.6) is 0 Å². The Hall–Kier alpha value is -1.40. The number of nitrogens with two attached hydrogens (primary N) is 1. The molecule has 0 bridgehead atoms. The summed E-state index contributed by atoms with van der Waals surface area (Å²) in [7, 11) is 0. The van der Waals surface area contributed by atoms with Crippen LogP contribution in [-0.2, 0) is 0 Å². The second-order valence-corrected chi connectivity index (χ2v) is 4.13. The lowest BCUT2D eigenvalue weighted by molar-refractivity contribution is 0.260. The quantitative estimate of drug-likeness (QED) is 0.255. The van der Waals surface area contributed by atoms with Crippen molar-refractivity contribution in [2.45, 2.75) is 4.90 Å². The van der Waals surface area contributed by atoms with Crippen LogP contribution in [0.2, 0.25) is 0 Å². The zero-order valence-electron chi connectivity index (χ0n) is 6.64. The SMILES string of the molecule is NNC(=O)[SH]1N=Nc2ccccc21. The molecule has 68 valence electrons. The van der Waals surface area contributed by atoms with Crippen molar-refractivity contribution in [3.63, 3.8) is 0 Å². The second kappa shape index (κ2) is 3.15. The maximum absolute atomic E-state index is 11.2. The largest absolute Gasteiger partial charge is 0.297 e. The number of thiol groups is 1. The van der Waals surface area contributed by atoms with Crippen LogP contribution in [0, 0.1) is 0 Å². The predicted molar refractivity (Wildman–Crippen MR) is 50.9 cm³/mol. The molecule has 1 aliphatic rings. The van der Waals surface area contributed by atoms with Gasteiger partial charge in [0.15, 0.2) is 0 Å². The number of rotatable bonds is 0. The molecule has 1 amide bonds. The molecule has 1 aliphatic heterocycles. The van der Waals surface area contributed by atoms with Gasteiger partial charge in [0.05, 0.1) is 0 Å². The Kier molecular flexibility index (Phi) is 1.99. The molecular formula is C7H8N4OS. The first-order valence-electron chi connectivity index (χ1n) is 3.64. The van der Waals surface area contributed by atoms with Crippen molar-refractivity contribution in [1.29, 1.82) is 0 Å². The van der Waals surface area contributed by atoms with Crippen molar-refractivity contribution in [1.82, 2.24) is 5.43 Å². The molecule has 1 aromatic carbocycles. The van der Waals surface area contributed by atoms with Gasteiger partial charge in [-0.15, -0.1) is 9.63 Å². The topological polar surface area (TPSA) is 79.8 Å². The summed E-state index contributed by atoms with van der Waals surface area (Å²) in [6.07, 6.45) is 0. The third-order valence-electron chi connectivity index (χ3n) is 1.67. The van der Waals surface area contributed by atoms with E-state index in [1.807, 2.05) is 24.3 Å². The summed E-state index contributed by atoms with van der Waals surface area (Å²) in [5.41, 5.74) is 2.85. The maximum Gasteiger partial charge on any atom is 0.297 e. The molecule has 1 aromatic rings. The van der Waals surface area contributed by atoms with E-state index in [1.54, 1.807) is 0 Å². The smallest absolute Gasteiger partial charge is 0.285 e. The van der Waals surface area contributed by atoms with Gasteiger partial charge in [-0.25, -0.2) is 5.84 Å². The minimum atomic E-state index is -1.24. The number of amides is 1. The van der Waals surface area contributed by atoms with Crippen molar-refractivity contribution in [2.24, 2.45) is 15.5 Å². The fourth-order valence-corrected chi connectivity index (χ4v) is 2.35. The Labute approximate surface area is 77.5 Å². The van der Waals surface area contributed by atoms with Crippen LogP contribution in [0.25, 0.3) is 0 Å². The molecule has 3 N–H and O–H groups in total. The van der Waals surface area contributed by atoms with Crippen molar-refractivity contribution < 1.29 is 4.79 Å². The Morgan fingerprint density at radius 1 is 1.46 bits per heavy atom. The number of benzene rings is 1. The number of fused-ring (bicyclic) bond motifs is 1. The van der Waals surface area contributed by atoms with Crippen LogP contribution < -0.4 is 11.3 Å². The Morgan fingerprint density at radius 2 is 2.23 bits per heavy atom. The third kappa shape index (κ3) is 1.30. The van der Waals surface area contributed by atoms with Crippen LogP contribution in [0.15, 0.2) is 38.8 Å². The van der Waals surface area contributed by atoms with E-state index in [2.05, 4.69) is 15.1 Å². The van der Waals surface area contributed by atoms with Crippen LogP contribution in [0.4, 0.5) is 10.5 Å². The normalized spacial score (nSPS) is 21.2. The van der Waals surface area contributed by atoms with E-state index >= 15 is 0 Å². The highest BCUT2D eigenvalue weighted by Crippen LogP contribution is 2.49. The van der Waals surface area contributed by atoms with Gasteiger partial charge in [-0.05, 0) is 23.2 Å². The first-order chi connectivity index (χ1) is 6.33. The second-order valence-electron chi connectivity index (χ2n) is 2.44. The van der Waals surface area contributed by atoms with E-state index in [-0.39, 0.29) is 5.24 Å². The highest BCUT2D eigenvalue weighted by Gasteiger charge is 2.22. The zero-order chi connectivity index (χ0) is 9.26. The molecule has 0 aliphatic carbocycles. The molecule has 1 unspecified atom stereocenters. The summed E-state index contributed by atoms with van der Waals surface area (Å²) in [5, 5.41) is 3.61. The van der Waals surface area contributed by atoms with E-state index < -0.39 is 11.1 Å². The Balaban J connectivity index is 2.38. The van der Waals surface area contributed by atoms with E-state index in [4.69, 9.17) is 5.84 Å². The van der Waals surface area contributed by atoms with Gasteiger partial charge < -0.3 is 0 Å². The molecule has 5 nitrogen and oxygen atoms in total. The van der Waals surface area contributed by atoms with E-state index in [1.165, 1.54) is 0 Å². The number of hydrazine groups is 1. The lowest BCUT2D eigenvalue weighted by atomic mass is 10.3. The highest BCUT2D eigenvalue weighted by atomic mass is 32.2. The number of hydrogen-bond acceptors (Lipinski definition) is 4. The summed E-state index contributed by atoms with van der Waals surface area (Å²) in [6, 6.07) is 7.38. The predicted octanol–water partition coefficient (Wildman–Crippen LogP) is 1.64. The zero-order valence-corrected chi connectivity index (χ0v) is 7.53. The van der Waals surface area contributed by atoms with E-state index in [9.17, 15) is 4.79 Å². The first-order valence-corrected chi connectivity index (χ1v) is 4.94. The molecule has 6 heteroatoms. The number of carbonyl (C=O) groups excluding carboxylic acids is 1. The van der Waals surface area contributed by atoms with Gasteiger partial charge in [0.1, 0.15) is 5.69 Å². The van der Waals surface area contributed by atoms with E-state index in [0.29, 0.717) is 0 Å². The molecule has 13 heavy (non-hydrogen) atoms. The molecule has 0 spiro atoms. The number of hydrogen-bond donors (Lipinski definition) is 3. The molecule has 0 radical (unpaired) electrons. The fraction of sp³-hybridized carbons (Fsp3) is 0. The van der Waals surface area contributed by atoms with Crippen molar-refractivity contribution in [3.8, 4) is 0 Å². The van der Waals surface area contributed by atoms with Gasteiger partial charge in [0.2, 0.25) is 0 Å². The summed E-state index contributed by atoms with van der Waals surface area (Å²) in [6.45, 7) is 0. The highest BCUT2D eigenvalue weighted by molar-refractivity contribution is 8.28. The fourth-order valence-electron chi connectivity index (χ4n) is 1.08. The summed E-state index contributed by atoms with van der Waals surface area (Å²) >= 11 is -1.24. The van der Waals surface area contributed by atoms with Gasteiger partial charge in [-0.2, -0.15) is 0 Å². The number of nitrogens with zero attached hydrogens (tertiary/aromatic N) is 2. The lowest BCUT2D eigenvalue weighted by Crippen LogP contribution is -2.27. The van der Waals surface area contributed by atoms with Gasteiger partial charge >= 0.3 is 0 Å². The first kappa shape index (κ1) is 8.21. The summed E-state index contributed by atoms with van der Waals surface area (Å²) < 4.78 is 3.87. The molecule has 0 saturated heterocycles. The maximum atomic E-state index is 11.2. The van der Waals surface area contributed by atoms with Crippen LogP contribution >= 0.6 is 11.1 Å². The number of nitrogens with one attached hydrogen (secondary N) is 1. The van der Waals surface area contributed by atoms with Gasteiger partial charge in [0.25, 0.3) is 5.24 Å². The Bertz CT molecular complexity index is 379. The minimum Gasteiger partial charge on any atom is -0.285 e.